The third kappa shape index (κ3) is 3.73. The zero-order valence-electron chi connectivity index (χ0n) is 18.2. The van der Waals surface area contributed by atoms with Crippen molar-refractivity contribution >= 4 is 6.09 Å². The zero-order chi connectivity index (χ0) is 22.7. The third-order valence-corrected chi connectivity index (χ3v) is 5.72. The Hall–Kier alpha value is -3.99. The van der Waals surface area contributed by atoms with Crippen molar-refractivity contribution in [1.29, 1.82) is 5.26 Å². The monoisotopic (exact) mass is 432 g/mol. The topological polar surface area (TPSA) is 89.6 Å². The molecule has 0 radical (unpaired) electrons. The Morgan fingerprint density at radius 3 is 2.69 bits per heavy atom. The number of hydrogen-bond acceptors (Lipinski definition) is 6. The fourth-order valence-corrected chi connectivity index (χ4v) is 4.05. The number of carbonyl (C=O) groups excluding carboxylic acids is 1. The molecule has 8 heteroatoms. The standard InChI is InChI=1S/C24H24N4O4/c1-27(15-17-4-7-20(30-2)8-5-17)23(29)32-24(11-10-19-14-26-16-28(19)24)21-9-6-18(13-25)12-22(21)31-3/h4-9,12,14,16H,10-11,15H2,1-3H3. The average molecular weight is 432 g/mol. The van der Waals surface area contributed by atoms with Crippen LogP contribution in [0.5, 0.6) is 11.5 Å². The maximum absolute atomic E-state index is 13.2. The number of aromatic nitrogens is 2. The first kappa shape index (κ1) is 21.2. The van der Waals surface area contributed by atoms with E-state index in [9.17, 15) is 10.1 Å². The molecule has 1 amide bonds. The van der Waals surface area contributed by atoms with Crippen LogP contribution in [0.4, 0.5) is 4.79 Å². The molecule has 2 heterocycles. The van der Waals surface area contributed by atoms with Gasteiger partial charge >= 0.3 is 6.09 Å². The van der Waals surface area contributed by atoms with Crippen molar-refractivity contribution in [2.75, 3.05) is 21.3 Å². The van der Waals surface area contributed by atoms with Gasteiger partial charge in [-0.2, -0.15) is 5.26 Å². The van der Waals surface area contributed by atoms with E-state index in [4.69, 9.17) is 14.2 Å². The molecule has 0 fully saturated rings. The Morgan fingerprint density at radius 1 is 1.22 bits per heavy atom. The second-order valence-corrected chi connectivity index (χ2v) is 7.64. The molecule has 0 aliphatic carbocycles. The Kier molecular flexibility index (Phi) is 5.73. The van der Waals surface area contributed by atoms with Gasteiger partial charge in [-0.05, 0) is 42.3 Å². The van der Waals surface area contributed by atoms with Crippen LogP contribution in [0.15, 0.2) is 55.0 Å². The van der Waals surface area contributed by atoms with E-state index < -0.39 is 11.8 Å². The van der Waals surface area contributed by atoms with E-state index in [0.717, 1.165) is 17.0 Å². The number of fused-ring (bicyclic) bond motifs is 1. The average Bonchev–Trinajstić information content (AvgIpc) is 3.43. The number of amides is 1. The van der Waals surface area contributed by atoms with Crippen LogP contribution >= 0.6 is 0 Å². The lowest BCUT2D eigenvalue weighted by Gasteiger charge is -2.34. The highest BCUT2D eigenvalue weighted by atomic mass is 16.6. The van der Waals surface area contributed by atoms with Crippen LogP contribution in [0.3, 0.4) is 0 Å². The van der Waals surface area contributed by atoms with Gasteiger partial charge in [0.05, 0.1) is 37.7 Å². The second-order valence-electron chi connectivity index (χ2n) is 7.64. The van der Waals surface area contributed by atoms with E-state index in [1.54, 1.807) is 44.9 Å². The van der Waals surface area contributed by atoms with Gasteiger partial charge in [0, 0.05) is 31.9 Å². The summed E-state index contributed by atoms with van der Waals surface area (Å²) in [5, 5.41) is 9.27. The van der Waals surface area contributed by atoms with E-state index in [-0.39, 0.29) is 0 Å². The fraction of sp³-hybridized carbons (Fsp3) is 0.292. The van der Waals surface area contributed by atoms with Crippen molar-refractivity contribution in [2.45, 2.75) is 25.1 Å². The van der Waals surface area contributed by atoms with Crippen LogP contribution in [0.1, 0.15) is 28.8 Å². The van der Waals surface area contributed by atoms with Crippen molar-refractivity contribution in [3.8, 4) is 17.6 Å². The summed E-state index contributed by atoms with van der Waals surface area (Å²) in [4.78, 5) is 19.0. The zero-order valence-corrected chi connectivity index (χ0v) is 18.2. The molecule has 32 heavy (non-hydrogen) atoms. The number of aryl methyl sites for hydroxylation is 1. The lowest BCUT2D eigenvalue weighted by molar-refractivity contribution is -0.0290. The molecule has 4 rings (SSSR count). The lowest BCUT2D eigenvalue weighted by Crippen LogP contribution is -2.41. The number of methoxy groups -OCH3 is 2. The highest BCUT2D eigenvalue weighted by Crippen LogP contribution is 2.43. The largest absolute Gasteiger partial charge is 0.497 e. The van der Waals surface area contributed by atoms with E-state index in [0.29, 0.717) is 36.3 Å². The van der Waals surface area contributed by atoms with E-state index in [2.05, 4.69) is 11.1 Å². The smallest absolute Gasteiger partial charge is 0.412 e. The lowest BCUT2D eigenvalue weighted by atomic mass is 9.97. The van der Waals surface area contributed by atoms with Crippen molar-refractivity contribution in [3.63, 3.8) is 0 Å². The van der Waals surface area contributed by atoms with Crippen molar-refractivity contribution < 1.29 is 19.0 Å². The molecule has 164 valence electrons. The number of rotatable bonds is 6. The molecule has 1 unspecified atom stereocenters. The molecule has 8 nitrogen and oxygen atoms in total. The number of nitrogens with zero attached hydrogens (tertiary/aromatic N) is 4. The van der Waals surface area contributed by atoms with E-state index in [1.165, 1.54) is 12.0 Å². The predicted octanol–water partition coefficient (Wildman–Crippen LogP) is 3.69. The second kappa shape index (κ2) is 8.63. The summed E-state index contributed by atoms with van der Waals surface area (Å²) in [5.74, 6) is 1.24. The molecule has 0 saturated carbocycles. The van der Waals surface area contributed by atoms with Gasteiger partial charge in [-0.3, -0.25) is 4.57 Å². The first-order valence-corrected chi connectivity index (χ1v) is 10.2. The number of imidazole rings is 1. The number of nitriles is 1. The SMILES string of the molecule is COc1ccc(CN(C)C(=O)OC2(c3ccc(C#N)cc3OC)CCc3cncn32)cc1. The Labute approximate surface area is 186 Å². The number of carbonyl (C=O) groups is 1. The Morgan fingerprint density at radius 2 is 2.00 bits per heavy atom. The van der Waals surface area contributed by atoms with Gasteiger partial charge in [-0.25, -0.2) is 9.78 Å². The Balaban J connectivity index is 1.65. The van der Waals surface area contributed by atoms with Gasteiger partial charge < -0.3 is 19.1 Å². The predicted molar refractivity (Wildman–Crippen MR) is 116 cm³/mol. The Bertz CT molecular complexity index is 1170. The van der Waals surface area contributed by atoms with Crippen molar-refractivity contribution in [3.05, 3.63) is 77.4 Å². The van der Waals surface area contributed by atoms with E-state index >= 15 is 0 Å². The third-order valence-electron chi connectivity index (χ3n) is 5.72. The molecule has 3 aromatic rings. The van der Waals surface area contributed by atoms with Crippen molar-refractivity contribution in [2.24, 2.45) is 0 Å². The summed E-state index contributed by atoms with van der Waals surface area (Å²) < 4.78 is 18.8. The number of benzene rings is 2. The first-order chi connectivity index (χ1) is 15.5. The molecule has 1 aliphatic heterocycles. The van der Waals surface area contributed by atoms with Crippen LogP contribution < -0.4 is 9.47 Å². The summed E-state index contributed by atoms with van der Waals surface area (Å²) in [6.45, 7) is 0.375. The summed E-state index contributed by atoms with van der Waals surface area (Å²) >= 11 is 0. The number of hydrogen-bond donors (Lipinski definition) is 0. The number of ether oxygens (including phenoxy) is 3. The minimum atomic E-state index is -1.11. The van der Waals surface area contributed by atoms with Crippen LogP contribution in [-0.4, -0.2) is 41.8 Å². The molecule has 1 aromatic heterocycles. The minimum absolute atomic E-state index is 0.375. The van der Waals surface area contributed by atoms with Crippen molar-refractivity contribution in [1.82, 2.24) is 14.5 Å². The first-order valence-electron chi connectivity index (χ1n) is 10.2. The molecular weight excluding hydrogens is 408 g/mol. The van der Waals surface area contributed by atoms with E-state index in [1.807, 2.05) is 28.8 Å². The summed E-state index contributed by atoms with van der Waals surface area (Å²) in [6.07, 6.45) is 4.19. The van der Waals surface area contributed by atoms with Gasteiger partial charge in [-0.15, -0.1) is 0 Å². The minimum Gasteiger partial charge on any atom is -0.497 e. The van der Waals surface area contributed by atoms with Crippen LogP contribution in [-0.2, 0) is 23.4 Å². The van der Waals surface area contributed by atoms with Crippen LogP contribution in [0.25, 0.3) is 0 Å². The molecule has 0 spiro atoms. The molecule has 1 atom stereocenters. The molecular formula is C24H24N4O4. The van der Waals surface area contributed by atoms with Crippen LogP contribution in [0, 0.1) is 11.3 Å². The van der Waals surface area contributed by atoms with Crippen LogP contribution in [0.2, 0.25) is 0 Å². The quantitative estimate of drug-likeness (QED) is 0.590. The van der Waals surface area contributed by atoms with Gasteiger partial charge in [0.1, 0.15) is 11.5 Å². The maximum atomic E-state index is 13.2. The molecule has 0 bridgehead atoms. The highest BCUT2D eigenvalue weighted by molar-refractivity contribution is 5.68. The van der Waals surface area contributed by atoms with Gasteiger partial charge in [0.15, 0.2) is 0 Å². The normalized spacial score (nSPS) is 16.7. The summed E-state index contributed by atoms with van der Waals surface area (Å²) in [6, 6.07) is 14.8. The van der Waals surface area contributed by atoms with Gasteiger partial charge in [0.25, 0.3) is 0 Å². The molecule has 1 aliphatic rings. The van der Waals surface area contributed by atoms with Gasteiger partial charge in [0.2, 0.25) is 5.72 Å². The fourth-order valence-electron chi connectivity index (χ4n) is 4.05. The summed E-state index contributed by atoms with van der Waals surface area (Å²) in [7, 11) is 4.84. The molecule has 0 N–H and O–H groups in total. The van der Waals surface area contributed by atoms with Gasteiger partial charge in [-0.1, -0.05) is 12.1 Å². The molecule has 2 aromatic carbocycles. The molecule has 0 saturated heterocycles. The summed E-state index contributed by atoms with van der Waals surface area (Å²) in [5.41, 5.74) is 1.93. The highest BCUT2D eigenvalue weighted by Gasteiger charge is 2.46. The maximum Gasteiger partial charge on any atom is 0.412 e.